The van der Waals surface area contributed by atoms with Crippen LogP contribution < -0.4 is 22.1 Å². The largest absolute Gasteiger partial charge is 0.397 e. The van der Waals surface area contributed by atoms with Crippen LogP contribution in [0.3, 0.4) is 0 Å². The van der Waals surface area contributed by atoms with Gasteiger partial charge >= 0.3 is 5.69 Å². The molecule has 0 aliphatic carbocycles. The topological polar surface area (TPSA) is 164 Å². The van der Waals surface area contributed by atoms with Gasteiger partial charge in [-0.15, -0.1) is 0 Å². The number of likely N-dealkylation sites (tertiary alicyclic amines) is 1. The van der Waals surface area contributed by atoms with Crippen LogP contribution in [0.25, 0.3) is 11.0 Å². The van der Waals surface area contributed by atoms with E-state index in [9.17, 15) is 19.5 Å². The van der Waals surface area contributed by atoms with Crippen LogP contribution in [0.5, 0.6) is 0 Å². The Morgan fingerprint density at radius 2 is 1.48 bits per heavy atom. The number of aliphatic hydroxyl groups excluding tert-OH is 1. The molecule has 6 N–H and O–H groups in total. The molecule has 2 saturated heterocycles. The van der Waals surface area contributed by atoms with Crippen LogP contribution in [-0.4, -0.2) is 57.1 Å². The van der Waals surface area contributed by atoms with Gasteiger partial charge in [-0.05, 0) is 66.6 Å². The predicted octanol–water partition coefficient (Wildman–Crippen LogP) is 6.49. The molecule has 0 saturated carbocycles. The van der Waals surface area contributed by atoms with E-state index in [2.05, 4.69) is 20.5 Å². The lowest BCUT2D eigenvalue weighted by atomic mass is 9.98. The maximum absolute atomic E-state index is 12.8. The maximum atomic E-state index is 12.8. The molecule has 0 unspecified atom stereocenters. The number of nitrogens with one attached hydrogen (secondary N) is 3. The molecule has 12 heteroatoms. The van der Waals surface area contributed by atoms with E-state index in [1.54, 1.807) is 12.1 Å². The number of aliphatic hydroxyl groups is 1. The summed E-state index contributed by atoms with van der Waals surface area (Å²) in [5.41, 5.74) is 12.6. The normalized spacial score (nSPS) is 19.2. The summed E-state index contributed by atoms with van der Waals surface area (Å²) < 4.78 is 15.1. The molecule has 7 rings (SSSR count). The highest BCUT2D eigenvalue weighted by molar-refractivity contribution is 5.93. The highest BCUT2D eigenvalue weighted by Crippen LogP contribution is 2.39. The van der Waals surface area contributed by atoms with Gasteiger partial charge in [0.1, 0.15) is 0 Å². The van der Waals surface area contributed by atoms with Crippen LogP contribution in [0.4, 0.5) is 11.4 Å². The van der Waals surface area contributed by atoms with Crippen molar-refractivity contribution >= 4 is 34.2 Å². The summed E-state index contributed by atoms with van der Waals surface area (Å²) in [5.74, 6) is -0.106. The molecule has 2 amide bonds. The monoisotopic (exact) mass is 760 g/mol. The van der Waals surface area contributed by atoms with Gasteiger partial charge in [0.25, 0.3) is 0 Å². The van der Waals surface area contributed by atoms with Crippen molar-refractivity contribution in [1.29, 1.82) is 0 Å². The second-order valence-electron chi connectivity index (χ2n) is 14.9. The van der Waals surface area contributed by atoms with Crippen molar-refractivity contribution < 1.29 is 24.2 Å². The maximum Gasteiger partial charge on any atom is 0.326 e. The second kappa shape index (κ2) is 18.6. The first-order chi connectivity index (χ1) is 27.3. The SMILES string of the molecule is Nc1ccccc1NC(=O)CCCCCC(=O)NCc1ccc([C@@H]2O[C@H](CN3CCC(n4c(=O)[nH]c5ccccc54)CC3)C[C@H](c3ccc(CO)cc3)O2)cc1. The number of anilines is 2. The number of rotatable bonds is 15. The number of aromatic nitrogens is 2. The van der Waals surface area contributed by atoms with E-state index in [0.29, 0.717) is 50.0 Å². The fourth-order valence-corrected chi connectivity index (χ4v) is 7.77. The fourth-order valence-electron chi connectivity index (χ4n) is 7.77. The van der Waals surface area contributed by atoms with Crippen molar-refractivity contribution in [3.8, 4) is 0 Å². The lowest BCUT2D eigenvalue weighted by molar-refractivity contribution is -0.253. The van der Waals surface area contributed by atoms with Crippen molar-refractivity contribution in [2.24, 2.45) is 0 Å². The average Bonchev–Trinajstić information content (AvgIpc) is 3.56. The molecule has 0 spiro atoms. The van der Waals surface area contributed by atoms with Gasteiger partial charge in [0.05, 0.1) is 41.2 Å². The van der Waals surface area contributed by atoms with Crippen LogP contribution >= 0.6 is 0 Å². The molecular weight excluding hydrogens is 709 g/mol. The molecule has 2 aliphatic heterocycles. The molecule has 3 atom stereocenters. The number of nitrogen functional groups attached to an aromatic ring is 1. The molecule has 5 aromatic rings. The van der Waals surface area contributed by atoms with Crippen molar-refractivity contribution in [2.45, 2.75) is 89.1 Å². The van der Waals surface area contributed by atoms with Gasteiger partial charge in [-0.2, -0.15) is 0 Å². The summed E-state index contributed by atoms with van der Waals surface area (Å²) >= 11 is 0. The Kier molecular flexibility index (Phi) is 12.9. The zero-order chi connectivity index (χ0) is 38.9. The smallest absolute Gasteiger partial charge is 0.326 e. The molecule has 0 bridgehead atoms. The molecule has 2 fully saturated rings. The number of carbonyl (C=O) groups excluding carboxylic acids is 2. The number of H-pyrrole nitrogens is 1. The van der Waals surface area contributed by atoms with E-state index >= 15 is 0 Å². The van der Waals surface area contributed by atoms with E-state index in [0.717, 1.165) is 72.2 Å². The van der Waals surface area contributed by atoms with Crippen LogP contribution in [0.1, 0.15) is 92.1 Å². The zero-order valence-corrected chi connectivity index (χ0v) is 31.7. The van der Waals surface area contributed by atoms with Gasteiger partial charge in [-0.1, -0.05) is 79.2 Å². The third kappa shape index (κ3) is 9.93. The minimum atomic E-state index is -0.575. The Balaban J connectivity index is 0.898. The Bertz CT molecular complexity index is 2120. The number of nitrogens with two attached hydrogens (primary N) is 1. The molecular formula is C44H52N6O6. The predicted molar refractivity (Wildman–Crippen MR) is 217 cm³/mol. The second-order valence-corrected chi connectivity index (χ2v) is 14.9. The molecule has 0 radical (unpaired) electrons. The zero-order valence-electron chi connectivity index (χ0n) is 31.7. The van der Waals surface area contributed by atoms with E-state index in [1.807, 2.05) is 89.5 Å². The van der Waals surface area contributed by atoms with Crippen molar-refractivity contribution in [3.05, 3.63) is 130 Å². The lowest BCUT2D eigenvalue weighted by Crippen LogP contribution is -2.43. The lowest BCUT2D eigenvalue weighted by Gasteiger charge is -2.40. The van der Waals surface area contributed by atoms with Crippen molar-refractivity contribution in [1.82, 2.24) is 19.8 Å². The number of carbonyl (C=O) groups is 2. The summed E-state index contributed by atoms with van der Waals surface area (Å²) in [7, 11) is 0. The average molecular weight is 761 g/mol. The highest BCUT2D eigenvalue weighted by Gasteiger charge is 2.34. The van der Waals surface area contributed by atoms with Gasteiger partial charge in [-0.25, -0.2) is 4.79 Å². The van der Waals surface area contributed by atoms with Gasteiger partial charge in [0.15, 0.2) is 6.29 Å². The minimum Gasteiger partial charge on any atom is -0.397 e. The highest BCUT2D eigenvalue weighted by atomic mass is 16.7. The molecule has 294 valence electrons. The summed E-state index contributed by atoms with van der Waals surface area (Å²) in [6, 6.07) is 31.1. The number of unbranched alkanes of at least 4 members (excludes halogenated alkanes) is 2. The number of fused-ring (bicyclic) bond motifs is 1. The van der Waals surface area contributed by atoms with E-state index in [-0.39, 0.29) is 42.4 Å². The Morgan fingerprint density at radius 3 is 2.23 bits per heavy atom. The number of hydrogen-bond acceptors (Lipinski definition) is 8. The van der Waals surface area contributed by atoms with Crippen LogP contribution in [0.2, 0.25) is 0 Å². The number of para-hydroxylation sites is 4. The molecule has 12 nitrogen and oxygen atoms in total. The first kappa shape index (κ1) is 39.0. The van der Waals surface area contributed by atoms with Crippen LogP contribution in [-0.2, 0) is 32.2 Å². The summed E-state index contributed by atoms with van der Waals surface area (Å²) in [6.45, 7) is 2.87. The van der Waals surface area contributed by atoms with Crippen LogP contribution in [0.15, 0.2) is 102 Å². The quantitative estimate of drug-likeness (QED) is 0.0597. The number of nitrogens with zero attached hydrogens (tertiary/aromatic N) is 2. The van der Waals surface area contributed by atoms with Crippen molar-refractivity contribution in [3.63, 3.8) is 0 Å². The Labute approximate surface area is 327 Å². The molecule has 4 aromatic carbocycles. The molecule has 56 heavy (non-hydrogen) atoms. The number of aromatic amines is 1. The van der Waals surface area contributed by atoms with Gasteiger partial charge in [-0.3, -0.25) is 14.2 Å². The van der Waals surface area contributed by atoms with Crippen molar-refractivity contribution in [2.75, 3.05) is 30.7 Å². The van der Waals surface area contributed by atoms with Gasteiger partial charge in [0.2, 0.25) is 11.8 Å². The first-order valence-electron chi connectivity index (χ1n) is 19.7. The Hall–Kier alpha value is -5.27. The number of amides is 2. The van der Waals surface area contributed by atoms with E-state index in [4.69, 9.17) is 15.2 Å². The van der Waals surface area contributed by atoms with Gasteiger partial charge in [0, 0.05) is 57.0 Å². The van der Waals surface area contributed by atoms with E-state index in [1.165, 1.54) is 0 Å². The molecule has 3 heterocycles. The fraction of sp³-hybridized carbons (Fsp3) is 0.386. The Morgan fingerprint density at radius 1 is 0.804 bits per heavy atom. The standard InChI is InChI=1S/C44H52N6O6/c45-36-8-4-5-9-37(36)47-42(53)13-3-1-2-12-41(52)46-27-30-14-20-33(21-15-30)43-55-35(26-40(56-43)32-18-16-31(29-51)17-19-32)28-49-24-22-34(23-25-49)50-39-11-7-6-10-38(39)48-44(50)54/h4-11,14-21,34-35,40,43,51H,1-3,12-13,22-29,45H2,(H,46,52)(H,47,53)(H,48,54)/t35-,40+,43+/m0/s1. The van der Waals surface area contributed by atoms with Crippen LogP contribution in [0, 0.1) is 0 Å². The third-order valence-corrected chi connectivity index (χ3v) is 10.9. The molecule has 2 aliphatic rings. The first-order valence-corrected chi connectivity index (χ1v) is 19.7. The van der Waals surface area contributed by atoms with E-state index < -0.39 is 6.29 Å². The minimum absolute atomic E-state index is 0.0141. The third-order valence-electron chi connectivity index (χ3n) is 10.9. The summed E-state index contributed by atoms with van der Waals surface area (Å²) in [5, 5.41) is 15.4. The number of hydrogen-bond donors (Lipinski definition) is 5. The van der Waals surface area contributed by atoms with Gasteiger partial charge < -0.3 is 40.8 Å². The summed E-state index contributed by atoms with van der Waals surface area (Å²) in [4.78, 5) is 43.1. The number of ether oxygens (including phenoxy) is 2. The molecule has 1 aromatic heterocycles. The number of benzene rings is 4. The summed E-state index contributed by atoms with van der Waals surface area (Å²) in [6.07, 6.45) is 4.55. The number of piperidine rings is 1. The number of imidazole rings is 1.